The van der Waals surface area contributed by atoms with E-state index in [4.69, 9.17) is 0 Å². The molecule has 1 aromatic heterocycles. The van der Waals surface area contributed by atoms with Gasteiger partial charge in [0.05, 0.1) is 5.75 Å². The summed E-state index contributed by atoms with van der Waals surface area (Å²) in [5, 5.41) is 7.13. The first kappa shape index (κ1) is 15.1. The van der Waals surface area contributed by atoms with Crippen LogP contribution in [0.4, 0.5) is 0 Å². The van der Waals surface area contributed by atoms with Gasteiger partial charge in [0.15, 0.2) is 10.9 Å². The number of rotatable bonds is 5. The van der Waals surface area contributed by atoms with Crippen LogP contribution in [0.3, 0.4) is 0 Å². The molecule has 0 unspecified atom stereocenters. The minimum absolute atomic E-state index is 0.0813. The minimum Gasteiger partial charge on any atom is -0.293 e. The first-order chi connectivity index (χ1) is 10.5. The molecule has 5 nitrogen and oxygen atoms in total. The Labute approximate surface area is 133 Å². The topological polar surface area (TPSA) is 67.8 Å². The fourth-order valence-corrected chi connectivity index (χ4v) is 3.75. The maximum atomic E-state index is 12.5. The molecular weight excluding hydrogens is 298 g/mol. The van der Waals surface area contributed by atoms with E-state index >= 15 is 0 Å². The number of hydrogen-bond acceptors (Lipinski definition) is 4. The molecule has 6 heteroatoms. The van der Waals surface area contributed by atoms with E-state index in [1.165, 1.54) is 11.8 Å². The van der Waals surface area contributed by atoms with Crippen LogP contribution >= 0.6 is 11.8 Å². The zero-order chi connectivity index (χ0) is 15.9. The molecule has 0 radical (unpaired) electrons. The lowest BCUT2D eigenvalue weighted by Gasteiger charge is -2.10. The monoisotopic (exact) mass is 317 g/mol. The Morgan fingerprint density at radius 2 is 1.95 bits per heavy atom. The Kier molecular flexibility index (Phi) is 3.95. The molecule has 1 aromatic carbocycles. The summed E-state index contributed by atoms with van der Waals surface area (Å²) in [4.78, 5) is 24.3. The number of aryl methyl sites for hydroxylation is 3. The molecule has 1 saturated carbocycles. The van der Waals surface area contributed by atoms with Gasteiger partial charge in [-0.1, -0.05) is 29.5 Å². The third-order valence-corrected chi connectivity index (χ3v) is 4.83. The number of aromatic nitrogens is 3. The summed E-state index contributed by atoms with van der Waals surface area (Å²) in [5.41, 5.74) is 3.78. The predicted octanol–water partition coefficient (Wildman–Crippen LogP) is 2.81. The summed E-state index contributed by atoms with van der Waals surface area (Å²) < 4.78 is 1.67. The van der Waals surface area contributed by atoms with Gasteiger partial charge in [-0.25, -0.2) is 9.89 Å². The maximum Gasteiger partial charge on any atom is 0.344 e. The Morgan fingerprint density at radius 1 is 1.32 bits per heavy atom. The zero-order valence-electron chi connectivity index (χ0n) is 13.0. The van der Waals surface area contributed by atoms with Crippen molar-refractivity contribution in [1.82, 2.24) is 14.8 Å². The molecule has 0 atom stereocenters. The molecule has 1 N–H and O–H groups in total. The van der Waals surface area contributed by atoms with Gasteiger partial charge in [0.1, 0.15) is 0 Å². The molecule has 0 amide bonds. The number of carbonyl (C=O) groups is 1. The number of aromatic amines is 1. The molecule has 0 spiro atoms. The van der Waals surface area contributed by atoms with Gasteiger partial charge in [-0.2, -0.15) is 0 Å². The third-order valence-electron chi connectivity index (χ3n) is 3.87. The summed E-state index contributed by atoms with van der Waals surface area (Å²) in [7, 11) is 0. The lowest BCUT2D eigenvalue weighted by atomic mass is 9.97. The second kappa shape index (κ2) is 5.76. The number of hydrogen-bond donors (Lipinski definition) is 1. The van der Waals surface area contributed by atoms with E-state index in [2.05, 4.69) is 10.2 Å². The molecule has 1 aliphatic carbocycles. The Morgan fingerprint density at radius 3 is 2.55 bits per heavy atom. The summed E-state index contributed by atoms with van der Waals surface area (Å²) >= 11 is 1.33. The van der Waals surface area contributed by atoms with Crippen LogP contribution in [0.1, 0.15) is 45.9 Å². The quantitative estimate of drug-likeness (QED) is 0.680. The summed E-state index contributed by atoms with van der Waals surface area (Å²) in [6, 6.07) is 4.31. The molecule has 22 heavy (non-hydrogen) atoms. The highest BCUT2D eigenvalue weighted by molar-refractivity contribution is 7.99. The molecule has 2 aromatic rings. The van der Waals surface area contributed by atoms with Crippen molar-refractivity contribution >= 4 is 17.5 Å². The smallest absolute Gasteiger partial charge is 0.293 e. The van der Waals surface area contributed by atoms with Crippen molar-refractivity contribution in [3.05, 3.63) is 44.9 Å². The van der Waals surface area contributed by atoms with Crippen LogP contribution < -0.4 is 5.69 Å². The number of ketones is 1. The number of nitrogens with zero attached hydrogens (tertiary/aromatic N) is 2. The minimum atomic E-state index is -0.180. The lowest BCUT2D eigenvalue weighted by Crippen LogP contribution is -2.16. The van der Waals surface area contributed by atoms with Crippen LogP contribution in [0.15, 0.2) is 22.1 Å². The second-order valence-corrected chi connectivity index (χ2v) is 6.84. The van der Waals surface area contributed by atoms with Gasteiger partial charge in [0.25, 0.3) is 0 Å². The fourth-order valence-electron chi connectivity index (χ4n) is 2.87. The van der Waals surface area contributed by atoms with Crippen LogP contribution in [0.2, 0.25) is 0 Å². The normalized spacial score (nSPS) is 14.3. The highest BCUT2D eigenvalue weighted by atomic mass is 32.2. The van der Waals surface area contributed by atoms with Gasteiger partial charge in [-0.05, 0) is 44.7 Å². The Balaban J connectivity index is 1.77. The largest absolute Gasteiger partial charge is 0.344 e. The summed E-state index contributed by atoms with van der Waals surface area (Å²) in [6.45, 7) is 5.96. The van der Waals surface area contributed by atoms with Gasteiger partial charge in [0.2, 0.25) is 0 Å². The average molecular weight is 317 g/mol. The number of Topliss-reactive ketones (excluding diaryl/α,β-unsaturated/α-hetero) is 1. The van der Waals surface area contributed by atoms with Crippen LogP contribution in [0, 0.1) is 20.8 Å². The number of carbonyl (C=O) groups excluding carboxylic acids is 1. The molecule has 1 heterocycles. The molecule has 1 aliphatic rings. The number of nitrogens with one attached hydrogen (secondary N) is 1. The first-order valence-electron chi connectivity index (χ1n) is 7.38. The second-order valence-electron chi connectivity index (χ2n) is 5.90. The van der Waals surface area contributed by atoms with Crippen LogP contribution in [-0.2, 0) is 0 Å². The lowest BCUT2D eigenvalue weighted by molar-refractivity contribution is 0.102. The predicted molar refractivity (Wildman–Crippen MR) is 86.8 cm³/mol. The zero-order valence-corrected chi connectivity index (χ0v) is 13.8. The van der Waals surface area contributed by atoms with Crippen molar-refractivity contribution in [3.63, 3.8) is 0 Å². The molecule has 0 bridgehead atoms. The third kappa shape index (κ3) is 2.88. The van der Waals surface area contributed by atoms with Crippen molar-refractivity contribution in [3.8, 4) is 0 Å². The average Bonchev–Trinajstić information content (AvgIpc) is 3.19. The molecule has 0 saturated heterocycles. The van der Waals surface area contributed by atoms with Crippen LogP contribution in [-0.4, -0.2) is 26.3 Å². The number of thioether (sulfide) groups is 1. The SMILES string of the molecule is Cc1cc(C)c(C(=O)CSc2n[nH]c(=O)n2C2CC2)c(C)c1. The van der Waals surface area contributed by atoms with E-state index in [9.17, 15) is 9.59 Å². The standard InChI is InChI=1S/C16H19N3O2S/c1-9-6-10(2)14(11(3)7-9)13(20)8-22-16-18-17-15(21)19(16)12-4-5-12/h6-7,12H,4-5,8H2,1-3H3,(H,17,21). The maximum absolute atomic E-state index is 12.5. The number of H-pyrrole nitrogens is 1. The summed E-state index contributed by atoms with van der Waals surface area (Å²) in [5.74, 6) is 0.375. The van der Waals surface area contributed by atoms with Gasteiger partial charge in [0, 0.05) is 11.6 Å². The fraction of sp³-hybridized carbons (Fsp3) is 0.438. The Bertz CT molecular complexity index is 764. The molecular formula is C16H19N3O2S. The van der Waals surface area contributed by atoms with Gasteiger partial charge in [-0.15, -0.1) is 5.10 Å². The van der Waals surface area contributed by atoms with E-state index in [1.807, 2.05) is 32.9 Å². The molecule has 3 rings (SSSR count). The van der Waals surface area contributed by atoms with E-state index in [0.29, 0.717) is 10.9 Å². The van der Waals surface area contributed by atoms with Crippen LogP contribution in [0.25, 0.3) is 0 Å². The van der Waals surface area contributed by atoms with Crippen LogP contribution in [0.5, 0.6) is 0 Å². The molecule has 116 valence electrons. The summed E-state index contributed by atoms with van der Waals surface area (Å²) in [6.07, 6.45) is 2.02. The van der Waals surface area contributed by atoms with Gasteiger partial charge >= 0.3 is 5.69 Å². The highest BCUT2D eigenvalue weighted by Gasteiger charge is 2.29. The molecule has 1 fully saturated rings. The van der Waals surface area contributed by atoms with Crippen molar-refractivity contribution in [2.75, 3.05) is 5.75 Å². The van der Waals surface area contributed by atoms with Gasteiger partial charge < -0.3 is 0 Å². The number of benzene rings is 1. The van der Waals surface area contributed by atoms with Crippen molar-refractivity contribution in [2.45, 2.75) is 44.8 Å². The van der Waals surface area contributed by atoms with E-state index < -0.39 is 0 Å². The van der Waals surface area contributed by atoms with E-state index in [0.717, 1.165) is 35.1 Å². The van der Waals surface area contributed by atoms with Gasteiger partial charge in [-0.3, -0.25) is 9.36 Å². The van der Waals surface area contributed by atoms with Crippen molar-refractivity contribution in [2.24, 2.45) is 0 Å². The first-order valence-corrected chi connectivity index (χ1v) is 8.36. The van der Waals surface area contributed by atoms with Crippen molar-refractivity contribution in [1.29, 1.82) is 0 Å². The highest BCUT2D eigenvalue weighted by Crippen LogP contribution is 2.36. The molecule has 0 aliphatic heterocycles. The van der Waals surface area contributed by atoms with E-state index in [1.54, 1.807) is 4.57 Å². The van der Waals surface area contributed by atoms with E-state index in [-0.39, 0.29) is 17.5 Å². The Hall–Kier alpha value is -1.82. The van der Waals surface area contributed by atoms with Crippen molar-refractivity contribution < 1.29 is 4.79 Å².